The minimum absolute atomic E-state index is 0.211. The summed E-state index contributed by atoms with van der Waals surface area (Å²) < 4.78 is 12.6. The standard InChI is InChI=1S/C37H57N3O7/c1-22(2)7-6-8-23(3)27-11-12-28-26-10-9-24-19-25(13-16-36(24,4)29(26)14-17-37(27,28)5)39-46-21-45-33-32(43)30(20-41)47-34(33)40-18-15-31(42)38-35(40)44/h9,15,18,22-23,26-30,32-34,41,43H,6-8,10-14,16-17,19-21H2,1-5H3,(H,38,42,44)/t23-,26?,27-,28?,29?,30-,32-,33-,34-,36+,37-/m1/s1. The van der Waals surface area contributed by atoms with Crippen molar-refractivity contribution in [3.8, 4) is 0 Å². The van der Waals surface area contributed by atoms with Gasteiger partial charge in [0, 0.05) is 18.7 Å². The van der Waals surface area contributed by atoms with Crippen LogP contribution in [0.1, 0.15) is 111 Å². The van der Waals surface area contributed by atoms with Crippen LogP contribution in [-0.4, -0.2) is 57.2 Å². The van der Waals surface area contributed by atoms with Crippen LogP contribution in [-0.2, 0) is 14.3 Å². The molecule has 3 saturated carbocycles. The number of oxime groups is 1. The molecule has 10 nitrogen and oxygen atoms in total. The van der Waals surface area contributed by atoms with Crippen molar-refractivity contribution >= 4 is 5.71 Å². The zero-order valence-electron chi connectivity index (χ0n) is 29.0. The second kappa shape index (κ2) is 13.9. The van der Waals surface area contributed by atoms with Crippen molar-refractivity contribution in [3.63, 3.8) is 0 Å². The van der Waals surface area contributed by atoms with Gasteiger partial charge in [0.25, 0.3) is 5.56 Å². The number of aliphatic hydroxyl groups is 2. The van der Waals surface area contributed by atoms with Crippen LogP contribution >= 0.6 is 0 Å². The van der Waals surface area contributed by atoms with Gasteiger partial charge in [0.1, 0.15) is 18.3 Å². The molecule has 1 aliphatic heterocycles. The zero-order chi connectivity index (χ0) is 33.5. The van der Waals surface area contributed by atoms with Gasteiger partial charge in [-0.25, -0.2) is 4.79 Å². The molecule has 4 fully saturated rings. The first-order valence-corrected chi connectivity index (χ1v) is 18.2. The Hall–Kier alpha value is -2.27. The monoisotopic (exact) mass is 655 g/mol. The van der Waals surface area contributed by atoms with Gasteiger partial charge in [0.15, 0.2) is 6.23 Å². The molecule has 3 unspecified atom stereocenters. The van der Waals surface area contributed by atoms with E-state index >= 15 is 0 Å². The van der Waals surface area contributed by atoms with E-state index in [2.05, 4.69) is 50.8 Å². The molecule has 11 atom stereocenters. The Kier molecular flexibility index (Phi) is 10.2. The number of rotatable bonds is 11. The van der Waals surface area contributed by atoms with E-state index < -0.39 is 42.4 Å². The molecule has 262 valence electrons. The summed E-state index contributed by atoms with van der Waals surface area (Å²) >= 11 is 0. The lowest BCUT2D eigenvalue weighted by Crippen LogP contribution is -2.50. The average Bonchev–Trinajstić information content (AvgIpc) is 3.55. The van der Waals surface area contributed by atoms with Gasteiger partial charge in [0.2, 0.25) is 6.79 Å². The molecule has 3 N–H and O–H groups in total. The van der Waals surface area contributed by atoms with E-state index in [1.807, 2.05) is 0 Å². The molecule has 1 aromatic heterocycles. The summed E-state index contributed by atoms with van der Waals surface area (Å²) in [6.45, 7) is 11.7. The van der Waals surface area contributed by atoms with Crippen molar-refractivity contribution in [1.29, 1.82) is 0 Å². The first-order chi connectivity index (χ1) is 22.5. The Labute approximate surface area is 279 Å². The average molecular weight is 656 g/mol. The Balaban J connectivity index is 1.06. The summed E-state index contributed by atoms with van der Waals surface area (Å²) in [5, 5.41) is 24.8. The maximum absolute atomic E-state index is 12.4. The highest BCUT2D eigenvalue weighted by Crippen LogP contribution is 2.67. The van der Waals surface area contributed by atoms with Gasteiger partial charge in [-0.2, -0.15) is 0 Å². The Bertz CT molecular complexity index is 1440. The first-order valence-electron chi connectivity index (χ1n) is 18.2. The maximum atomic E-state index is 12.4. The molecule has 47 heavy (non-hydrogen) atoms. The van der Waals surface area contributed by atoms with Gasteiger partial charge in [-0.15, -0.1) is 0 Å². The number of hydrogen-bond acceptors (Lipinski definition) is 8. The molecule has 6 rings (SSSR count). The molecule has 0 spiro atoms. The molecule has 0 aromatic carbocycles. The lowest BCUT2D eigenvalue weighted by atomic mass is 9.47. The Morgan fingerprint density at radius 1 is 1.13 bits per heavy atom. The SMILES string of the molecule is CC(C)CCC[C@@H](C)[C@H]1CCC2C3CC=C4CC(=NOCO[C@@H]5[C@H](O)[C@@H](CO)O[C@H]5n5ccc(=O)[nH]c5=O)CC[C@]4(C)C3CC[C@@]21C. The van der Waals surface area contributed by atoms with Gasteiger partial charge in [-0.3, -0.25) is 14.3 Å². The molecule has 4 aliphatic carbocycles. The van der Waals surface area contributed by atoms with Crippen LogP contribution in [0.4, 0.5) is 0 Å². The summed E-state index contributed by atoms with van der Waals surface area (Å²) in [5.74, 6) is 4.83. The van der Waals surface area contributed by atoms with E-state index in [1.165, 1.54) is 69.2 Å². The van der Waals surface area contributed by atoms with Gasteiger partial charge >= 0.3 is 5.69 Å². The molecule has 0 amide bonds. The van der Waals surface area contributed by atoms with Crippen LogP contribution in [0.15, 0.2) is 38.7 Å². The van der Waals surface area contributed by atoms with Crippen LogP contribution in [0, 0.1) is 46.3 Å². The molecule has 0 bridgehead atoms. The number of ether oxygens (including phenoxy) is 2. The maximum Gasteiger partial charge on any atom is 0.330 e. The highest BCUT2D eigenvalue weighted by molar-refractivity contribution is 5.87. The van der Waals surface area contributed by atoms with Gasteiger partial charge in [-0.1, -0.05) is 70.7 Å². The molecule has 2 heterocycles. The fraction of sp³-hybridized carbons (Fsp3) is 0.811. The number of nitrogens with zero attached hydrogens (tertiary/aromatic N) is 2. The van der Waals surface area contributed by atoms with Crippen LogP contribution in [0.5, 0.6) is 0 Å². The fourth-order valence-electron chi connectivity index (χ4n) is 10.7. The van der Waals surface area contributed by atoms with E-state index in [0.29, 0.717) is 5.41 Å². The molecular weight excluding hydrogens is 598 g/mol. The van der Waals surface area contributed by atoms with Crippen LogP contribution in [0.25, 0.3) is 0 Å². The van der Waals surface area contributed by atoms with Crippen molar-refractivity contribution < 1.29 is 24.5 Å². The van der Waals surface area contributed by atoms with E-state index in [-0.39, 0.29) is 12.2 Å². The largest absolute Gasteiger partial charge is 0.394 e. The number of fused-ring (bicyclic) bond motifs is 5. The fourth-order valence-corrected chi connectivity index (χ4v) is 10.7. The number of H-pyrrole nitrogens is 1. The quantitative estimate of drug-likeness (QED) is 0.123. The lowest BCUT2D eigenvalue weighted by Gasteiger charge is -2.58. The summed E-state index contributed by atoms with van der Waals surface area (Å²) in [7, 11) is 0. The summed E-state index contributed by atoms with van der Waals surface area (Å²) in [6.07, 6.45) is 13.2. The number of nitrogens with one attached hydrogen (secondary N) is 1. The van der Waals surface area contributed by atoms with Crippen molar-refractivity contribution in [2.45, 2.75) is 130 Å². The highest BCUT2D eigenvalue weighted by Gasteiger charge is 2.59. The minimum atomic E-state index is -1.20. The summed E-state index contributed by atoms with van der Waals surface area (Å²) in [5.41, 5.74) is 1.96. The number of allylic oxidation sites excluding steroid dienone is 2. The third-order valence-corrected chi connectivity index (χ3v) is 13.3. The zero-order valence-corrected chi connectivity index (χ0v) is 29.0. The van der Waals surface area contributed by atoms with Crippen molar-refractivity contribution in [2.75, 3.05) is 13.4 Å². The summed E-state index contributed by atoms with van der Waals surface area (Å²) in [4.78, 5) is 31.7. The molecule has 1 aromatic rings. The molecular formula is C37H57N3O7. The Morgan fingerprint density at radius 2 is 1.94 bits per heavy atom. The van der Waals surface area contributed by atoms with Crippen LogP contribution < -0.4 is 11.2 Å². The van der Waals surface area contributed by atoms with E-state index in [4.69, 9.17) is 14.3 Å². The summed E-state index contributed by atoms with van der Waals surface area (Å²) in [6, 6.07) is 1.19. The van der Waals surface area contributed by atoms with Crippen LogP contribution in [0.2, 0.25) is 0 Å². The van der Waals surface area contributed by atoms with E-state index in [1.54, 1.807) is 0 Å². The van der Waals surface area contributed by atoms with E-state index in [0.717, 1.165) is 65.0 Å². The smallest absolute Gasteiger partial charge is 0.330 e. The molecule has 10 heteroatoms. The highest BCUT2D eigenvalue weighted by atomic mass is 16.8. The van der Waals surface area contributed by atoms with Gasteiger partial charge < -0.3 is 24.5 Å². The third-order valence-electron chi connectivity index (χ3n) is 13.3. The lowest BCUT2D eigenvalue weighted by molar-refractivity contribution is -0.139. The minimum Gasteiger partial charge on any atom is -0.394 e. The number of aliphatic hydroxyl groups excluding tert-OH is 2. The molecule has 1 saturated heterocycles. The normalized spacial score (nSPS) is 39.7. The number of hydrogen-bond donors (Lipinski definition) is 3. The van der Waals surface area contributed by atoms with Crippen LogP contribution in [0.3, 0.4) is 0 Å². The van der Waals surface area contributed by atoms with Crippen molar-refractivity contribution in [1.82, 2.24) is 9.55 Å². The molecule has 0 radical (unpaired) electrons. The third kappa shape index (κ3) is 6.56. The predicted molar refractivity (Wildman–Crippen MR) is 180 cm³/mol. The van der Waals surface area contributed by atoms with Crippen molar-refractivity contribution in [3.05, 3.63) is 44.8 Å². The first kappa shape index (κ1) is 34.6. The van der Waals surface area contributed by atoms with Crippen molar-refractivity contribution in [2.24, 2.45) is 51.5 Å². The topological polar surface area (TPSA) is 135 Å². The predicted octanol–water partition coefficient (Wildman–Crippen LogP) is 5.54. The number of aromatic amines is 1. The molecule has 5 aliphatic rings. The van der Waals surface area contributed by atoms with Gasteiger partial charge in [0.05, 0.1) is 12.3 Å². The van der Waals surface area contributed by atoms with E-state index in [9.17, 15) is 19.8 Å². The Morgan fingerprint density at radius 3 is 2.68 bits per heavy atom. The number of aromatic nitrogens is 2. The second-order valence-corrected chi connectivity index (χ2v) is 16.3. The second-order valence-electron chi connectivity index (χ2n) is 16.3. The van der Waals surface area contributed by atoms with Gasteiger partial charge in [-0.05, 0) is 91.3 Å².